The standard InChI is InChI=1S/C19H30N2/c1-15-9-11-16(12-10-15)18(21-20)19(13-5-6-14-19)17-7-3-2-4-8-17/h2-4,7-8,15-16,18,21H,5-6,9-14,20H2,1H3. The van der Waals surface area contributed by atoms with E-state index in [9.17, 15) is 0 Å². The van der Waals surface area contributed by atoms with E-state index < -0.39 is 0 Å². The SMILES string of the molecule is CC1CCC(C(NN)C2(c3ccccc3)CCCC2)CC1. The number of hydrazine groups is 1. The normalized spacial score (nSPS) is 30.2. The average molecular weight is 286 g/mol. The van der Waals surface area contributed by atoms with Crippen LogP contribution in [0.5, 0.6) is 0 Å². The van der Waals surface area contributed by atoms with Crippen molar-refractivity contribution in [3.8, 4) is 0 Å². The van der Waals surface area contributed by atoms with Gasteiger partial charge in [-0.1, -0.05) is 62.9 Å². The van der Waals surface area contributed by atoms with E-state index in [1.165, 1.54) is 56.9 Å². The molecule has 0 spiro atoms. The Kier molecular flexibility index (Phi) is 4.66. The lowest BCUT2D eigenvalue weighted by atomic mass is 9.65. The lowest BCUT2D eigenvalue weighted by Crippen LogP contribution is -2.54. The minimum atomic E-state index is 0.265. The molecule has 2 saturated carbocycles. The molecule has 1 aromatic rings. The van der Waals surface area contributed by atoms with Gasteiger partial charge < -0.3 is 0 Å². The Morgan fingerprint density at radius 1 is 1.05 bits per heavy atom. The quantitative estimate of drug-likeness (QED) is 0.644. The van der Waals surface area contributed by atoms with E-state index in [0.29, 0.717) is 6.04 Å². The van der Waals surface area contributed by atoms with Gasteiger partial charge in [-0.05, 0) is 43.1 Å². The van der Waals surface area contributed by atoms with Crippen LogP contribution in [-0.2, 0) is 5.41 Å². The second-order valence-corrected chi connectivity index (χ2v) is 7.39. The molecule has 2 nitrogen and oxygen atoms in total. The molecule has 0 radical (unpaired) electrons. The summed E-state index contributed by atoms with van der Waals surface area (Å²) in [6.45, 7) is 2.39. The molecule has 0 amide bonds. The van der Waals surface area contributed by atoms with Crippen molar-refractivity contribution >= 4 is 0 Å². The van der Waals surface area contributed by atoms with E-state index in [1.54, 1.807) is 0 Å². The molecule has 0 bridgehead atoms. The Hall–Kier alpha value is -0.860. The molecule has 2 aliphatic rings. The molecule has 0 heterocycles. The molecule has 116 valence electrons. The molecule has 0 saturated heterocycles. The summed E-state index contributed by atoms with van der Waals surface area (Å²) >= 11 is 0. The van der Waals surface area contributed by atoms with Crippen LogP contribution in [0.3, 0.4) is 0 Å². The van der Waals surface area contributed by atoms with E-state index in [4.69, 9.17) is 5.84 Å². The van der Waals surface area contributed by atoms with Gasteiger partial charge in [-0.2, -0.15) is 0 Å². The second kappa shape index (κ2) is 6.50. The third-order valence-corrected chi connectivity index (χ3v) is 6.15. The largest absolute Gasteiger partial charge is 0.271 e. The molecular formula is C19H30N2. The van der Waals surface area contributed by atoms with Crippen molar-refractivity contribution < 1.29 is 0 Å². The van der Waals surface area contributed by atoms with Gasteiger partial charge in [-0.15, -0.1) is 0 Å². The zero-order valence-corrected chi connectivity index (χ0v) is 13.4. The summed E-state index contributed by atoms with van der Waals surface area (Å²) in [6, 6.07) is 11.6. The highest BCUT2D eigenvalue weighted by molar-refractivity contribution is 5.29. The molecule has 0 aromatic heterocycles. The van der Waals surface area contributed by atoms with Crippen LogP contribution >= 0.6 is 0 Å². The third-order valence-electron chi connectivity index (χ3n) is 6.15. The fraction of sp³-hybridized carbons (Fsp3) is 0.684. The first-order valence-electron chi connectivity index (χ1n) is 8.78. The summed E-state index contributed by atoms with van der Waals surface area (Å²) in [6.07, 6.45) is 10.7. The molecule has 3 N–H and O–H groups in total. The molecular weight excluding hydrogens is 256 g/mol. The van der Waals surface area contributed by atoms with Crippen molar-refractivity contribution in [1.29, 1.82) is 0 Å². The Morgan fingerprint density at radius 2 is 1.67 bits per heavy atom. The monoisotopic (exact) mass is 286 g/mol. The van der Waals surface area contributed by atoms with Crippen molar-refractivity contribution in [3.63, 3.8) is 0 Å². The van der Waals surface area contributed by atoms with Crippen molar-refractivity contribution in [3.05, 3.63) is 35.9 Å². The fourth-order valence-electron chi connectivity index (χ4n) is 4.92. The van der Waals surface area contributed by atoms with Gasteiger partial charge in [0.25, 0.3) is 0 Å². The zero-order valence-electron chi connectivity index (χ0n) is 13.4. The average Bonchev–Trinajstić information content (AvgIpc) is 3.01. The van der Waals surface area contributed by atoms with Crippen molar-refractivity contribution in [2.45, 2.75) is 69.7 Å². The summed E-state index contributed by atoms with van der Waals surface area (Å²) in [5.74, 6) is 7.73. The minimum Gasteiger partial charge on any atom is -0.271 e. The summed E-state index contributed by atoms with van der Waals surface area (Å²) in [7, 11) is 0. The van der Waals surface area contributed by atoms with Gasteiger partial charge in [-0.25, -0.2) is 0 Å². The third kappa shape index (κ3) is 2.89. The Labute approximate surface area is 129 Å². The van der Waals surface area contributed by atoms with Crippen molar-refractivity contribution in [1.82, 2.24) is 5.43 Å². The molecule has 2 heteroatoms. The smallest absolute Gasteiger partial charge is 0.0335 e. The van der Waals surface area contributed by atoms with Gasteiger partial charge in [-0.3, -0.25) is 11.3 Å². The molecule has 2 fully saturated rings. The molecule has 1 aromatic carbocycles. The number of nitrogens with two attached hydrogens (primary N) is 1. The van der Waals surface area contributed by atoms with Crippen LogP contribution in [-0.4, -0.2) is 6.04 Å². The Balaban J connectivity index is 1.88. The van der Waals surface area contributed by atoms with E-state index in [-0.39, 0.29) is 5.41 Å². The van der Waals surface area contributed by atoms with Crippen LogP contribution in [0, 0.1) is 11.8 Å². The van der Waals surface area contributed by atoms with Crippen LogP contribution in [0.25, 0.3) is 0 Å². The molecule has 1 unspecified atom stereocenters. The van der Waals surface area contributed by atoms with Crippen LogP contribution in [0.4, 0.5) is 0 Å². The van der Waals surface area contributed by atoms with Crippen LogP contribution in [0.15, 0.2) is 30.3 Å². The number of hydrogen-bond donors (Lipinski definition) is 2. The zero-order chi connectivity index (χ0) is 14.7. The molecule has 1 atom stereocenters. The number of benzene rings is 1. The van der Waals surface area contributed by atoms with Gasteiger partial charge in [0, 0.05) is 11.5 Å². The number of nitrogens with one attached hydrogen (secondary N) is 1. The van der Waals surface area contributed by atoms with Gasteiger partial charge in [0.15, 0.2) is 0 Å². The second-order valence-electron chi connectivity index (χ2n) is 7.39. The first kappa shape index (κ1) is 15.1. The molecule has 0 aliphatic heterocycles. The molecule has 2 aliphatic carbocycles. The van der Waals surface area contributed by atoms with Gasteiger partial charge in [0.2, 0.25) is 0 Å². The van der Waals surface area contributed by atoms with E-state index in [2.05, 4.69) is 42.7 Å². The van der Waals surface area contributed by atoms with E-state index in [0.717, 1.165) is 11.8 Å². The first-order valence-corrected chi connectivity index (χ1v) is 8.78. The summed E-state index contributed by atoms with van der Waals surface area (Å²) in [5, 5.41) is 0. The Bertz CT molecular complexity index is 428. The summed E-state index contributed by atoms with van der Waals surface area (Å²) < 4.78 is 0. The summed E-state index contributed by atoms with van der Waals surface area (Å²) in [5.41, 5.74) is 5.04. The number of rotatable bonds is 4. The van der Waals surface area contributed by atoms with Crippen molar-refractivity contribution in [2.75, 3.05) is 0 Å². The number of hydrogen-bond acceptors (Lipinski definition) is 2. The van der Waals surface area contributed by atoms with Crippen LogP contribution in [0.2, 0.25) is 0 Å². The highest BCUT2D eigenvalue weighted by Gasteiger charge is 2.45. The highest BCUT2D eigenvalue weighted by atomic mass is 15.2. The maximum Gasteiger partial charge on any atom is 0.0335 e. The van der Waals surface area contributed by atoms with Gasteiger partial charge >= 0.3 is 0 Å². The lowest BCUT2D eigenvalue weighted by molar-refractivity contribution is 0.159. The predicted molar refractivity (Wildman–Crippen MR) is 88.8 cm³/mol. The highest BCUT2D eigenvalue weighted by Crippen LogP contribution is 2.48. The maximum atomic E-state index is 6.09. The fourth-order valence-corrected chi connectivity index (χ4v) is 4.92. The van der Waals surface area contributed by atoms with Crippen LogP contribution in [0.1, 0.15) is 63.9 Å². The van der Waals surface area contributed by atoms with E-state index in [1.807, 2.05) is 0 Å². The van der Waals surface area contributed by atoms with Crippen LogP contribution < -0.4 is 11.3 Å². The molecule has 21 heavy (non-hydrogen) atoms. The van der Waals surface area contributed by atoms with Crippen molar-refractivity contribution in [2.24, 2.45) is 17.7 Å². The summed E-state index contributed by atoms with van der Waals surface area (Å²) in [4.78, 5) is 0. The first-order chi connectivity index (χ1) is 10.3. The maximum absolute atomic E-state index is 6.09. The minimum absolute atomic E-state index is 0.265. The Morgan fingerprint density at radius 3 is 2.24 bits per heavy atom. The molecule has 3 rings (SSSR count). The van der Waals surface area contributed by atoms with E-state index >= 15 is 0 Å². The topological polar surface area (TPSA) is 38.0 Å². The lowest BCUT2D eigenvalue weighted by Gasteiger charge is -2.44. The predicted octanol–water partition coefficient (Wildman–Crippen LogP) is 4.16. The van der Waals surface area contributed by atoms with Gasteiger partial charge in [0.1, 0.15) is 0 Å². The van der Waals surface area contributed by atoms with Gasteiger partial charge in [0.05, 0.1) is 0 Å².